The van der Waals surface area contributed by atoms with Crippen LogP contribution in [0.5, 0.6) is 0 Å². The molecular formula is C20H32N4. The maximum absolute atomic E-state index is 4.37. The Hall–Kier alpha value is -2.33. The fourth-order valence-electron chi connectivity index (χ4n) is 1.59. The summed E-state index contributed by atoms with van der Waals surface area (Å²) in [7, 11) is 0. The number of hydrogen-bond donors (Lipinski definition) is 3. The van der Waals surface area contributed by atoms with Crippen molar-refractivity contribution in [3.05, 3.63) is 73.3 Å². The van der Waals surface area contributed by atoms with E-state index >= 15 is 0 Å². The third-order valence-corrected chi connectivity index (χ3v) is 2.81. The molecule has 0 aliphatic rings. The van der Waals surface area contributed by atoms with Gasteiger partial charge in [0.15, 0.2) is 0 Å². The molecule has 0 rings (SSSR count). The second kappa shape index (κ2) is 17.0. The highest BCUT2D eigenvalue weighted by atomic mass is 15.1. The van der Waals surface area contributed by atoms with Gasteiger partial charge in [-0.1, -0.05) is 63.5 Å². The van der Waals surface area contributed by atoms with Gasteiger partial charge in [-0.25, -0.2) is 0 Å². The SMILES string of the molecule is C=C/C=C(C=C)\C=C/CNCNC(/C=N/CCC)=C/N/C=C/CC. The Labute approximate surface area is 147 Å². The predicted octanol–water partition coefficient (Wildman–Crippen LogP) is 3.81. The molecule has 0 radical (unpaired) electrons. The number of allylic oxidation sites excluding steroid dienone is 7. The predicted molar refractivity (Wildman–Crippen MR) is 108 cm³/mol. The Morgan fingerprint density at radius 2 is 2.00 bits per heavy atom. The van der Waals surface area contributed by atoms with Crippen LogP contribution in [0.3, 0.4) is 0 Å². The normalized spacial score (nSPS) is 13.1. The van der Waals surface area contributed by atoms with Gasteiger partial charge in [0.05, 0.1) is 12.4 Å². The number of aliphatic imine (C=N–C) groups is 1. The molecule has 3 N–H and O–H groups in total. The highest BCUT2D eigenvalue weighted by Crippen LogP contribution is 1.97. The molecule has 0 aliphatic heterocycles. The monoisotopic (exact) mass is 328 g/mol. The van der Waals surface area contributed by atoms with Crippen molar-refractivity contribution in [1.29, 1.82) is 0 Å². The second-order valence-corrected chi connectivity index (χ2v) is 4.93. The Balaban J connectivity index is 4.28. The van der Waals surface area contributed by atoms with Crippen LogP contribution in [0.4, 0.5) is 0 Å². The smallest absolute Gasteiger partial charge is 0.0694 e. The molecule has 0 aromatic heterocycles. The topological polar surface area (TPSA) is 48.5 Å². The summed E-state index contributed by atoms with van der Waals surface area (Å²) in [6.07, 6.45) is 19.3. The van der Waals surface area contributed by atoms with Gasteiger partial charge in [-0.15, -0.1) is 0 Å². The molecule has 4 nitrogen and oxygen atoms in total. The zero-order valence-corrected chi connectivity index (χ0v) is 15.1. The average molecular weight is 329 g/mol. The van der Waals surface area contributed by atoms with Crippen molar-refractivity contribution in [3.63, 3.8) is 0 Å². The zero-order chi connectivity index (χ0) is 17.9. The highest BCUT2D eigenvalue weighted by Gasteiger charge is 1.91. The van der Waals surface area contributed by atoms with Crippen molar-refractivity contribution < 1.29 is 0 Å². The number of hydrogen-bond acceptors (Lipinski definition) is 4. The van der Waals surface area contributed by atoms with E-state index in [1.165, 1.54) is 0 Å². The van der Waals surface area contributed by atoms with Gasteiger partial charge in [0.25, 0.3) is 0 Å². The Morgan fingerprint density at radius 3 is 2.67 bits per heavy atom. The maximum atomic E-state index is 4.37. The van der Waals surface area contributed by atoms with Gasteiger partial charge in [0, 0.05) is 25.5 Å². The van der Waals surface area contributed by atoms with Crippen molar-refractivity contribution >= 4 is 6.21 Å². The van der Waals surface area contributed by atoms with Gasteiger partial charge in [0.2, 0.25) is 0 Å². The molecule has 0 aromatic carbocycles. The minimum Gasteiger partial charge on any atom is -0.370 e. The summed E-state index contributed by atoms with van der Waals surface area (Å²) in [4.78, 5) is 4.37. The lowest BCUT2D eigenvalue weighted by molar-refractivity contribution is 0.686. The first-order chi connectivity index (χ1) is 11.8. The summed E-state index contributed by atoms with van der Waals surface area (Å²) in [5.41, 5.74) is 1.98. The fraction of sp³-hybridized carbons (Fsp3) is 0.350. The lowest BCUT2D eigenvalue weighted by Gasteiger charge is -2.07. The molecule has 0 atom stereocenters. The minimum atomic E-state index is 0.655. The molecule has 0 spiro atoms. The van der Waals surface area contributed by atoms with Gasteiger partial charge in [-0.05, 0) is 24.6 Å². The van der Waals surface area contributed by atoms with E-state index in [0.717, 1.165) is 37.2 Å². The van der Waals surface area contributed by atoms with Crippen LogP contribution >= 0.6 is 0 Å². The molecule has 0 aromatic rings. The maximum Gasteiger partial charge on any atom is 0.0694 e. The summed E-state index contributed by atoms with van der Waals surface area (Å²) >= 11 is 0. The van der Waals surface area contributed by atoms with Crippen molar-refractivity contribution in [2.45, 2.75) is 26.7 Å². The molecular weight excluding hydrogens is 296 g/mol. The first-order valence-electron chi connectivity index (χ1n) is 8.45. The van der Waals surface area contributed by atoms with E-state index in [9.17, 15) is 0 Å². The minimum absolute atomic E-state index is 0.655. The van der Waals surface area contributed by atoms with E-state index in [4.69, 9.17) is 0 Å². The molecule has 24 heavy (non-hydrogen) atoms. The fourth-order valence-corrected chi connectivity index (χ4v) is 1.59. The molecule has 0 aliphatic carbocycles. The third kappa shape index (κ3) is 13.3. The molecule has 132 valence electrons. The van der Waals surface area contributed by atoms with E-state index in [0.29, 0.717) is 6.67 Å². The number of rotatable bonds is 14. The van der Waals surface area contributed by atoms with Crippen molar-refractivity contribution in [3.8, 4) is 0 Å². The Morgan fingerprint density at radius 1 is 1.17 bits per heavy atom. The van der Waals surface area contributed by atoms with Crippen LogP contribution in [-0.4, -0.2) is 26.0 Å². The van der Waals surface area contributed by atoms with Crippen molar-refractivity contribution in [2.24, 2.45) is 4.99 Å². The van der Waals surface area contributed by atoms with E-state index in [1.54, 1.807) is 12.2 Å². The standard InChI is InChI=1S/C20H32N4/c1-5-9-14-22-17-20(16-21-13-7-3)24-18-23-15-10-12-19(8-4)11-6-2/h6,8-12,14,16-17,22-24H,2,4-5,7,13,15,18H2,1,3H3/b12-10-,14-9+,19-11-,20-17+,21-16+. The highest BCUT2D eigenvalue weighted by molar-refractivity contribution is 5.77. The second-order valence-electron chi connectivity index (χ2n) is 4.93. The Bertz CT molecular complexity index is 482. The quantitative estimate of drug-likeness (QED) is 0.197. The van der Waals surface area contributed by atoms with Crippen LogP contribution < -0.4 is 16.0 Å². The van der Waals surface area contributed by atoms with Crippen LogP contribution in [0.2, 0.25) is 0 Å². The third-order valence-electron chi connectivity index (χ3n) is 2.81. The first kappa shape index (κ1) is 21.7. The van der Waals surface area contributed by atoms with Gasteiger partial charge in [-0.3, -0.25) is 10.3 Å². The largest absolute Gasteiger partial charge is 0.370 e. The van der Waals surface area contributed by atoms with Crippen LogP contribution in [-0.2, 0) is 0 Å². The van der Waals surface area contributed by atoms with Gasteiger partial charge in [-0.2, -0.15) is 0 Å². The van der Waals surface area contributed by atoms with Crippen LogP contribution in [0.15, 0.2) is 78.3 Å². The van der Waals surface area contributed by atoms with E-state index in [1.807, 2.05) is 30.8 Å². The molecule has 0 unspecified atom stereocenters. The van der Waals surface area contributed by atoms with E-state index < -0.39 is 0 Å². The van der Waals surface area contributed by atoms with Crippen LogP contribution in [0.1, 0.15) is 26.7 Å². The molecule has 0 bridgehead atoms. The number of nitrogens with one attached hydrogen (secondary N) is 3. The van der Waals surface area contributed by atoms with Crippen molar-refractivity contribution in [1.82, 2.24) is 16.0 Å². The lowest BCUT2D eigenvalue weighted by atomic mass is 10.2. The van der Waals surface area contributed by atoms with Gasteiger partial charge < -0.3 is 10.6 Å². The Kier molecular flexibility index (Phi) is 15.4. The van der Waals surface area contributed by atoms with Crippen LogP contribution in [0, 0.1) is 0 Å². The van der Waals surface area contributed by atoms with Gasteiger partial charge in [0.1, 0.15) is 0 Å². The van der Waals surface area contributed by atoms with E-state index in [-0.39, 0.29) is 0 Å². The first-order valence-corrected chi connectivity index (χ1v) is 8.45. The summed E-state index contributed by atoms with van der Waals surface area (Å²) in [6, 6.07) is 0. The molecule has 4 heteroatoms. The van der Waals surface area contributed by atoms with Gasteiger partial charge >= 0.3 is 0 Å². The average Bonchev–Trinajstić information content (AvgIpc) is 2.60. The molecule has 0 fully saturated rings. The summed E-state index contributed by atoms with van der Waals surface area (Å²) in [5, 5.41) is 9.73. The zero-order valence-electron chi connectivity index (χ0n) is 15.1. The molecule has 0 saturated carbocycles. The van der Waals surface area contributed by atoms with Crippen molar-refractivity contribution in [2.75, 3.05) is 19.8 Å². The lowest BCUT2D eigenvalue weighted by Crippen LogP contribution is -2.29. The summed E-state index contributed by atoms with van der Waals surface area (Å²) in [5.74, 6) is 0. The molecule has 0 heterocycles. The molecule has 0 amide bonds. The molecule has 0 saturated heterocycles. The van der Waals surface area contributed by atoms with E-state index in [2.05, 4.69) is 60.1 Å². The summed E-state index contributed by atoms with van der Waals surface area (Å²) < 4.78 is 0. The summed E-state index contributed by atoms with van der Waals surface area (Å²) in [6.45, 7) is 13.9. The number of nitrogens with zero attached hydrogens (tertiary/aromatic N) is 1. The van der Waals surface area contributed by atoms with Crippen LogP contribution in [0.25, 0.3) is 0 Å².